The second-order valence-corrected chi connectivity index (χ2v) is 5.11. The van der Waals surface area contributed by atoms with Crippen molar-refractivity contribution in [2.24, 2.45) is 12.9 Å². The van der Waals surface area contributed by atoms with Crippen molar-refractivity contribution >= 4 is 28.6 Å². The zero-order chi connectivity index (χ0) is 14.1. The fraction of sp³-hybridized carbons (Fsp3) is 0.273. The van der Waals surface area contributed by atoms with Gasteiger partial charge in [-0.2, -0.15) is 5.10 Å². The van der Waals surface area contributed by atoms with Crippen LogP contribution in [0.1, 0.15) is 11.5 Å². The summed E-state index contributed by atoms with van der Waals surface area (Å²) in [5, 5.41) is 5.53. The monoisotopic (exact) mass is 291 g/mol. The Hall–Kier alpha value is -2.13. The standard InChI is InChI=1S/C11H13N7OS/c1-6-4-19-11(14-6)20-5-8-15-9(17-12)7-3-13-18(2)10(7)16-8/h3-4H,5,12H2,1-2H3,(H,15,16,17). The Kier molecular flexibility index (Phi) is 3.28. The number of thioether (sulfide) groups is 1. The molecule has 0 fully saturated rings. The van der Waals surface area contributed by atoms with Crippen molar-refractivity contribution in [3.63, 3.8) is 0 Å². The van der Waals surface area contributed by atoms with Crippen LogP contribution in [0.4, 0.5) is 5.82 Å². The van der Waals surface area contributed by atoms with Crippen LogP contribution in [-0.2, 0) is 12.8 Å². The lowest BCUT2D eigenvalue weighted by molar-refractivity contribution is 0.454. The molecule has 0 unspecified atom stereocenters. The minimum atomic E-state index is 0.537. The third-order valence-corrected chi connectivity index (χ3v) is 3.53. The number of aryl methyl sites for hydroxylation is 2. The van der Waals surface area contributed by atoms with E-state index in [1.807, 2.05) is 14.0 Å². The smallest absolute Gasteiger partial charge is 0.256 e. The van der Waals surface area contributed by atoms with Crippen molar-refractivity contribution in [1.29, 1.82) is 0 Å². The lowest BCUT2D eigenvalue weighted by atomic mass is 10.4. The van der Waals surface area contributed by atoms with Gasteiger partial charge >= 0.3 is 0 Å². The summed E-state index contributed by atoms with van der Waals surface area (Å²) in [6.45, 7) is 1.88. The molecule has 3 aromatic heterocycles. The van der Waals surface area contributed by atoms with Crippen molar-refractivity contribution in [1.82, 2.24) is 24.7 Å². The second kappa shape index (κ2) is 5.10. The molecule has 0 aromatic carbocycles. The number of rotatable bonds is 4. The van der Waals surface area contributed by atoms with Crippen LogP contribution in [0.3, 0.4) is 0 Å². The van der Waals surface area contributed by atoms with Crippen LogP contribution >= 0.6 is 11.8 Å². The lowest BCUT2D eigenvalue weighted by Crippen LogP contribution is -2.11. The minimum Gasteiger partial charge on any atom is -0.440 e. The average Bonchev–Trinajstić information content (AvgIpc) is 3.03. The number of nitrogen functional groups attached to an aromatic ring is 1. The first-order valence-corrected chi connectivity index (χ1v) is 6.86. The van der Waals surface area contributed by atoms with Crippen molar-refractivity contribution in [3.05, 3.63) is 24.0 Å². The number of anilines is 1. The zero-order valence-corrected chi connectivity index (χ0v) is 11.8. The molecule has 0 aliphatic heterocycles. The van der Waals surface area contributed by atoms with Gasteiger partial charge in [0.25, 0.3) is 5.22 Å². The summed E-state index contributed by atoms with van der Waals surface area (Å²) in [5.41, 5.74) is 4.15. The second-order valence-electron chi connectivity index (χ2n) is 4.18. The van der Waals surface area contributed by atoms with E-state index in [0.29, 0.717) is 22.6 Å². The zero-order valence-electron chi connectivity index (χ0n) is 11.0. The SMILES string of the molecule is Cc1coc(SCc2nc(NN)c3cnn(C)c3n2)n1. The number of aromatic nitrogens is 5. The third kappa shape index (κ3) is 2.32. The molecule has 9 heteroatoms. The molecule has 0 radical (unpaired) electrons. The largest absolute Gasteiger partial charge is 0.440 e. The molecule has 0 aliphatic rings. The number of hydrogen-bond donors (Lipinski definition) is 2. The number of nitrogens with one attached hydrogen (secondary N) is 1. The van der Waals surface area contributed by atoms with Crippen LogP contribution in [0, 0.1) is 6.92 Å². The normalized spacial score (nSPS) is 11.2. The van der Waals surface area contributed by atoms with Gasteiger partial charge in [-0.05, 0) is 6.92 Å². The van der Waals surface area contributed by atoms with Crippen LogP contribution in [0.15, 0.2) is 22.1 Å². The van der Waals surface area contributed by atoms with Gasteiger partial charge in [0.2, 0.25) is 0 Å². The minimum absolute atomic E-state index is 0.537. The Labute approximate surface area is 118 Å². The molecular formula is C11H13N7OS. The highest BCUT2D eigenvalue weighted by molar-refractivity contribution is 7.98. The van der Waals surface area contributed by atoms with Gasteiger partial charge in [-0.3, -0.25) is 4.68 Å². The molecule has 0 aliphatic carbocycles. The lowest BCUT2D eigenvalue weighted by Gasteiger charge is -2.04. The number of nitrogens with zero attached hydrogens (tertiary/aromatic N) is 5. The van der Waals surface area contributed by atoms with Crippen molar-refractivity contribution in [2.75, 3.05) is 5.43 Å². The molecule has 3 rings (SSSR count). The average molecular weight is 291 g/mol. The van der Waals surface area contributed by atoms with Crippen LogP contribution in [0.25, 0.3) is 11.0 Å². The summed E-state index contributed by atoms with van der Waals surface area (Å²) in [6, 6.07) is 0. The van der Waals surface area contributed by atoms with Gasteiger partial charge in [0, 0.05) is 7.05 Å². The molecular weight excluding hydrogens is 278 g/mol. The van der Waals surface area contributed by atoms with E-state index in [1.54, 1.807) is 17.1 Å². The van der Waals surface area contributed by atoms with Crippen LogP contribution in [0.2, 0.25) is 0 Å². The van der Waals surface area contributed by atoms with Gasteiger partial charge < -0.3 is 9.84 Å². The van der Waals surface area contributed by atoms with E-state index in [1.165, 1.54) is 11.8 Å². The first-order chi connectivity index (χ1) is 9.67. The van der Waals surface area contributed by atoms with Gasteiger partial charge in [0.15, 0.2) is 11.5 Å². The molecule has 0 saturated carbocycles. The Balaban J connectivity index is 1.89. The van der Waals surface area contributed by atoms with Crippen molar-refractivity contribution < 1.29 is 4.42 Å². The summed E-state index contributed by atoms with van der Waals surface area (Å²) in [4.78, 5) is 13.1. The van der Waals surface area contributed by atoms with Gasteiger partial charge in [0.1, 0.15) is 12.1 Å². The molecule has 104 valence electrons. The third-order valence-electron chi connectivity index (χ3n) is 2.70. The number of fused-ring (bicyclic) bond motifs is 1. The van der Waals surface area contributed by atoms with Gasteiger partial charge in [-0.1, -0.05) is 11.8 Å². The number of hydrogen-bond acceptors (Lipinski definition) is 8. The molecule has 0 bridgehead atoms. The van der Waals surface area contributed by atoms with E-state index in [2.05, 4.69) is 25.5 Å². The van der Waals surface area contributed by atoms with E-state index in [4.69, 9.17) is 10.3 Å². The molecule has 0 atom stereocenters. The summed E-state index contributed by atoms with van der Waals surface area (Å²) in [7, 11) is 1.82. The number of nitrogens with two attached hydrogens (primary N) is 1. The predicted molar refractivity (Wildman–Crippen MR) is 74.9 cm³/mol. The van der Waals surface area contributed by atoms with E-state index >= 15 is 0 Å². The van der Waals surface area contributed by atoms with Gasteiger partial charge in [-0.15, -0.1) is 0 Å². The van der Waals surface area contributed by atoms with Crippen LogP contribution in [-0.4, -0.2) is 24.7 Å². The first kappa shape index (κ1) is 12.9. The summed E-state index contributed by atoms with van der Waals surface area (Å²) < 4.78 is 6.96. The molecule has 0 saturated heterocycles. The summed E-state index contributed by atoms with van der Waals surface area (Å²) >= 11 is 1.43. The maximum absolute atomic E-state index is 5.49. The topological polar surface area (TPSA) is 108 Å². The number of oxazole rings is 1. The maximum Gasteiger partial charge on any atom is 0.256 e. The van der Waals surface area contributed by atoms with Crippen molar-refractivity contribution in [3.8, 4) is 0 Å². The molecule has 8 nitrogen and oxygen atoms in total. The van der Waals surface area contributed by atoms with Crippen LogP contribution in [0.5, 0.6) is 0 Å². The highest BCUT2D eigenvalue weighted by Gasteiger charge is 2.12. The molecule has 20 heavy (non-hydrogen) atoms. The van der Waals surface area contributed by atoms with E-state index < -0.39 is 0 Å². The highest BCUT2D eigenvalue weighted by atomic mass is 32.2. The molecule has 3 N–H and O–H groups in total. The maximum atomic E-state index is 5.49. The predicted octanol–water partition coefficient (Wildman–Crippen LogP) is 1.24. The Morgan fingerprint density at radius 2 is 2.25 bits per heavy atom. The summed E-state index contributed by atoms with van der Waals surface area (Å²) in [6.07, 6.45) is 3.29. The van der Waals surface area contributed by atoms with Crippen molar-refractivity contribution in [2.45, 2.75) is 17.9 Å². The molecule has 3 heterocycles. The molecule has 0 amide bonds. The van der Waals surface area contributed by atoms with E-state index in [-0.39, 0.29) is 0 Å². The molecule has 0 spiro atoms. The van der Waals surface area contributed by atoms with E-state index in [9.17, 15) is 0 Å². The Morgan fingerprint density at radius 1 is 1.40 bits per heavy atom. The number of hydrazine groups is 1. The fourth-order valence-electron chi connectivity index (χ4n) is 1.77. The molecule has 3 aromatic rings. The Bertz CT molecular complexity index is 750. The quantitative estimate of drug-likeness (QED) is 0.420. The van der Waals surface area contributed by atoms with Crippen LogP contribution < -0.4 is 11.3 Å². The van der Waals surface area contributed by atoms with Gasteiger partial charge in [0.05, 0.1) is 23.0 Å². The first-order valence-electron chi connectivity index (χ1n) is 5.87. The summed E-state index contributed by atoms with van der Waals surface area (Å²) in [5.74, 6) is 7.22. The van der Waals surface area contributed by atoms with Gasteiger partial charge in [-0.25, -0.2) is 20.8 Å². The van der Waals surface area contributed by atoms with E-state index in [0.717, 1.165) is 16.7 Å². The Morgan fingerprint density at radius 3 is 2.95 bits per heavy atom. The highest BCUT2D eigenvalue weighted by Crippen LogP contribution is 2.24. The fourth-order valence-corrected chi connectivity index (χ4v) is 2.47.